The van der Waals surface area contributed by atoms with E-state index in [0.29, 0.717) is 6.42 Å². The number of benzene rings is 1. The van der Waals surface area contributed by atoms with Gasteiger partial charge in [-0.05, 0) is 25.3 Å². The molecular formula is C11H16FN. The van der Waals surface area contributed by atoms with Gasteiger partial charge in [0.05, 0.1) is 0 Å². The molecule has 1 nitrogen and oxygen atoms in total. The molecule has 1 aromatic rings. The maximum Gasteiger partial charge on any atom is 0.113 e. The minimum Gasteiger partial charge on any atom is -0.328 e. The normalized spacial score (nSPS) is 12.8. The van der Waals surface area contributed by atoms with Gasteiger partial charge >= 0.3 is 0 Å². The van der Waals surface area contributed by atoms with Gasteiger partial charge in [-0.15, -0.1) is 0 Å². The average molecular weight is 181 g/mol. The Labute approximate surface area is 78.8 Å². The van der Waals surface area contributed by atoms with Gasteiger partial charge in [-0.25, -0.2) is 4.39 Å². The first-order chi connectivity index (χ1) is 6.22. The van der Waals surface area contributed by atoms with E-state index in [1.165, 1.54) is 11.1 Å². The zero-order valence-corrected chi connectivity index (χ0v) is 7.96. The lowest BCUT2D eigenvalue weighted by Gasteiger charge is -2.04. The first kappa shape index (κ1) is 10.2. The van der Waals surface area contributed by atoms with Crippen molar-refractivity contribution in [3.05, 3.63) is 35.4 Å². The van der Waals surface area contributed by atoms with Gasteiger partial charge in [0.25, 0.3) is 0 Å². The molecule has 0 fully saturated rings. The van der Waals surface area contributed by atoms with Crippen molar-refractivity contribution in [1.29, 1.82) is 0 Å². The van der Waals surface area contributed by atoms with E-state index in [0.717, 1.165) is 6.42 Å². The van der Waals surface area contributed by atoms with Gasteiger partial charge in [0, 0.05) is 6.54 Å². The van der Waals surface area contributed by atoms with Crippen LogP contribution < -0.4 is 5.73 Å². The first-order valence-corrected chi connectivity index (χ1v) is 4.62. The molecule has 0 heterocycles. The Kier molecular flexibility index (Phi) is 3.90. The summed E-state index contributed by atoms with van der Waals surface area (Å²) in [7, 11) is 0. The third-order valence-corrected chi connectivity index (χ3v) is 2.12. The summed E-state index contributed by atoms with van der Waals surface area (Å²) in [5.41, 5.74) is 7.60. The topological polar surface area (TPSA) is 26.0 Å². The van der Waals surface area contributed by atoms with Crippen LogP contribution in [-0.4, -0.2) is 12.7 Å². The molecule has 1 unspecified atom stereocenters. The van der Waals surface area contributed by atoms with E-state index in [4.69, 9.17) is 5.73 Å². The van der Waals surface area contributed by atoms with Crippen LogP contribution in [-0.2, 0) is 6.42 Å². The van der Waals surface area contributed by atoms with E-state index in [1.807, 2.05) is 31.2 Å². The zero-order chi connectivity index (χ0) is 9.68. The number of alkyl halides is 1. The molecule has 0 aliphatic rings. The third-order valence-electron chi connectivity index (χ3n) is 2.12. The Morgan fingerprint density at radius 2 is 1.92 bits per heavy atom. The smallest absolute Gasteiger partial charge is 0.113 e. The summed E-state index contributed by atoms with van der Waals surface area (Å²) < 4.78 is 12.8. The van der Waals surface area contributed by atoms with Crippen LogP contribution in [0.15, 0.2) is 24.3 Å². The third kappa shape index (κ3) is 3.55. The van der Waals surface area contributed by atoms with Gasteiger partial charge in [0.15, 0.2) is 0 Å². The second-order valence-corrected chi connectivity index (χ2v) is 3.36. The fraction of sp³-hybridized carbons (Fsp3) is 0.455. The standard InChI is InChI=1S/C11H16FN/c1-9-2-4-10(5-3-9)6-7-11(12)8-13/h2-5,11H,6-8,13H2,1H3. The van der Waals surface area contributed by atoms with Gasteiger partial charge in [0.1, 0.15) is 6.17 Å². The van der Waals surface area contributed by atoms with E-state index in [1.54, 1.807) is 0 Å². The Morgan fingerprint density at radius 1 is 1.31 bits per heavy atom. The first-order valence-electron chi connectivity index (χ1n) is 4.62. The van der Waals surface area contributed by atoms with Gasteiger partial charge in [-0.3, -0.25) is 0 Å². The second-order valence-electron chi connectivity index (χ2n) is 3.36. The zero-order valence-electron chi connectivity index (χ0n) is 7.96. The summed E-state index contributed by atoms with van der Waals surface area (Å²) in [6.45, 7) is 2.17. The van der Waals surface area contributed by atoms with Gasteiger partial charge in [-0.2, -0.15) is 0 Å². The molecule has 1 rings (SSSR count). The van der Waals surface area contributed by atoms with E-state index in [2.05, 4.69) is 0 Å². The fourth-order valence-electron chi connectivity index (χ4n) is 1.20. The summed E-state index contributed by atoms with van der Waals surface area (Å²) in [4.78, 5) is 0. The molecule has 0 aliphatic heterocycles. The SMILES string of the molecule is Cc1ccc(CCC(F)CN)cc1. The lowest BCUT2D eigenvalue weighted by molar-refractivity contribution is 0.323. The molecule has 72 valence electrons. The molecule has 0 aromatic heterocycles. The Balaban J connectivity index is 2.41. The summed E-state index contributed by atoms with van der Waals surface area (Å²) in [5, 5.41) is 0. The minimum absolute atomic E-state index is 0.131. The molecule has 1 atom stereocenters. The van der Waals surface area contributed by atoms with Crippen molar-refractivity contribution < 1.29 is 4.39 Å². The van der Waals surface area contributed by atoms with E-state index in [-0.39, 0.29) is 6.54 Å². The van der Waals surface area contributed by atoms with Gasteiger partial charge in [-0.1, -0.05) is 29.8 Å². The van der Waals surface area contributed by atoms with Crippen LogP contribution in [0.2, 0.25) is 0 Å². The summed E-state index contributed by atoms with van der Waals surface area (Å²) in [6.07, 6.45) is 0.444. The lowest BCUT2D eigenvalue weighted by atomic mass is 10.1. The van der Waals surface area contributed by atoms with Crippen LogP contribution in [0.25, 0.3) is 0 Å². The summed E-state index contributed by atoms with van der Waals surface area (Å²) >= 11 is 0. The van der Waals surface area contributed by atoms with E-state index >= 15 is 0 Å². The molecule has 1 aromatic carbocycles. The van der Waals surface area contributed by atoms with Crippen LogP contribution in [0.1, 0.15) is 17.5 Å². The van der Waals surface area contributed by atoms with E-state index in [9.17, 15) is 4.39 Å². The Hall–Kier alpha value is -0.890. The highest BCUT2D eigenvalue weighted by molar-refractivity contribution is 5.21. The number of aryl methyl sites for hydroxylation is 2. The molecule has 0 amide bonds. The highest BCUT2D eigenvalue weighted by Gasteiger charge is 2.03. The van der Waals surface area contributed by atoms with Crippen molar-refractivity contribution in [3.63, 3.8) is 0 Å². The number of rotatable bonds is 4. The van der Waals surface area contributed by atoms with E-state index < -0.39 is 6.17 Å². The molecule has 0 radical (unpaired) electrons. The highest BCUT2D eigenvalue weighted by atomic mass is 19.1. The minimum atomic E-state index is -0.860. The van der Waals surface area contributed by atoms with Crippen LogP contribution >= 0.6 is 0 Å². The molecule has 0 bridgehead atoms. The predicted molar refractivity (Wildman–Crippen MR) is 53.5 cm³/mol. The summed E-state index contributed by atoms with van der Waals surface area (Å²) in [5.74, 6) is 0. The molecule has 0 spiro atoms. The molecule has 13 heavy (non-hydrogen) atoms. The van der Waals surface area contributed by atoms with Crippen LogP contribution in [0.5, 0.6) is 0 Å². The Bertz CT molecular complexity index is 243. The lowest BCUT2D eigenvalue weighted by Crippen LogP contribution is -2.15. The van der Waals surface area contributed by atoms with Gasteiger partial charge < -0.3 is 5.73 Å². The number of hydrogen-bond acceptors (Lipinski definition) is 1. The monoisotopic (exact) mass is 181 g/mol. The van der Waals surface area contributed by atoms with Crippen LogP contribution in [0.3, 0.4) is 0 Å². The Morgan fingerprint density at radius 3 is 2.46 bits per heavy atom. The molecular weight excluding hydrogens is 165 g/mol. The molecule has 0 aliphatic carbocycles. The maximum atomic E-state index is 12.8. The number of nitrogens with two attached hydrogens (primary N) is 1. The molecule has 2 heteroatoms. The average Bonchev–Trinajstić information content (AvgIpc) is 2.16. The van der Waals surface area contributed by atoms with Crippen molar-refractivity contribution in [3.8, 4) is 0 Å². The maximum absolute atomic E-state index is 12.8. The predicted octanol–water partition coefficient (Wildman–Crippen LogP) is 2.22. The molecule has 2 N–H and O–H groups in total. The quantitative estimate of drug-likeness (QED) is 0.757. The largest absolute Gasteiger partial charge is 0.328 e. The number of hydrogen-bond donors (Lipinski definition) is 1. The van der Waals surface area contributed by atoms with Gasteiger partial charge in [0.2, 0.25) is 0 Å². The van der Waals surface area contributed by atoms with Crippen LogP contribution in [0, 0.1) is 6.92 Å². The number of halogens is 1. The highest BCUT2D eigenvalue weighted by Crippen LogP contribution is 2.08. The fourth-order valence-corrected chi connectivity index (χ4v) is 1.20. The summed E-state index contributed by atoms with van der Waals surface area (Å²) in [6, 6.07) is 8.17. The molecule has 0 saturated carbocycles. The van der Waals surface area contributed by atoms with Crippen molar-refractivity contribution in [2.24, 2.45) is 5.73 Å². The molecule has 0 saturated heterocycles. The van der Waals surface area contributed by atoms with Crippen molar-refractivity contribution in [2.45, 2.75) is 25.9 Å². The second kappa shape index (κ2) is 4.97. The van der Waals surface area contributed by atoms with Crippen molar-refractivity contribution in [2.75, 3.05) is 6.54 Å². The van der Waals surface area contributed by atoms with Crippen molar-refractivity contribution >= 4 is 0 Å². The van der Waals surface area contributed by atoms with Crippen LogP contribution in [0.4, 0.5) is 4.39 Å². The van der Waals surface area contributed by atoms with Crippen molar-refractivity contribution in [1.82, 2.24) is 0 Å².